The average molecular weight is 390 g/mol. The molecule has 26 heavy (non-hydrogen) atoms. The van der Waals surface area contributed by atoms with Gasteiger partial charge in [0.15, 0.2) is 11.5 Å². The molecule has 0 bridgehead atoms. The van der Waals surface area contributed by atoms with E-state index in [1.54, 1.807) is 20.8 Å². The van der Waals surface area contributed by atoms with Crippen LogP contribution in [0.1, 0.15) is 25.8 Å². The fourth-order valence-electron chi connectivity index (χ4n) is 2.40. The minimum absolute atomic E-state index is 0.0896. The minimum Gasteiger partial charge on any atom is -0.292 e. The van der Waals surface area contributed by atoms with Crippen LogP contribution in [0.15, 0.2) is 41.6 Å². The molecule has 0 N–H and O–H groups in total. The Hall–Kier alpha value is -2.32. The van der Waals surface area contributed by atoms with Crippen LogP contribution in [0.25, 0.3) is 21.0 Å². The van der Waals surface area contributed by atoms with Crippen LogP contribution in [0, 0.1) is 5.41 Å². The molecular formula is C18H18N2O4S2. The van der Waals surface area contributed by atoms with Crippen molar-refractivity contribution in [1.29, 1.82) is 0 Å². The van der Waals surface area contributed by atoms with E-state index in [4.69, 9.17) is 0 Å². The van der Waals surface area contributed by atoms with Gasteiger partial charge >= 0.3 is 10.1 Å². The number of Topliss-reactive ketones (excluding diaryl/α,β-unsaturated/α-hetero) is 1. The smallest absolute Gasteiger partial charge is 0.292 e. The van der Waals surface area contributed by atoms with Crippen molar-refractivity contribution < 1.29 is 17.5 Å². The standard InChI is InChI=1S/C18H18N2O4S2/c1-18(2,3)16(21)15(20-24-26(4,22)23)17-19-14-12-8-6-5-7-11(12)9-10-13(14)25-17/h5-10H,1-4H3. The van der Waals surface area contributed by atoms with Crippen molar-refractivity contribution in [1.82, 2.24) is 4.98 Å². The minimum atomic E-state index is -3.83. The summed E-state index contributed by atoms with van der Waals surface area (Å²) in [7, 11) is -3.83. The fourth-order valence-corrected chi connectivity index (χ4v) is 3.57. The van der Waals surface area contributed by atoms with Gasteiger partial charge < -0.3 is 0 Å². The molecule has 2 aromatic carbocycles. The Morgan fingerprint density at radius 3 is 2.50 bits per heavy atom. The molecule has 0 aliphatic rings. The predicted molar refractivity (Wildman–Crippen MR) is 104 cm³/mol. The normalized spacial score (nSPS) is 13.3. The Morgan fingerprint density at radius 1 is 1.15 bits per heavy atom. The highest BCUT2D eigenvalue weighted by Gasteiger charge is 2.31. The Balaban J connectivity index is 2.20. The van der Waals surface area contributed by atoms with Crippen molar-refractivity contribution in [2.45, 2.75) is 20.8 Å². The number of rotatable bonds is 4. The van der Waals surface area contributed by atoms with E-state index in [2.05, 4.69) is 14.4 Å². The lowest BCUT2D eigenvalue weighted by Crippen LogP contribution is -2.29. The average Bonchev–Trinajstić information content (AvgIpc) is 2.97. The molecule has 0 aliphatic heterocycles. The molecule has 0 aliphatic carbocycles. The number of carbonyl (C=O) groups is 1. The lowest BCUT2D eigenvalue weighted by atomic mass is 9.88. The Labute approximate surface area is 155 Å². The number of aromatic nitrogens is 1. The van der Waals surface area contributed by atoms with Gasteiger partial charge in [-0.1, -0.05) is 56.3 Å². The molecule has 1 heterocycles. The lowest BCUT2D eigenvalue weighted by Gasteiger charge is -2.16. The molecule has 0 amide bonds. The summed E-state index contributed by atoms with van der Waals surface area (Å²) >= 11 is 1.28. The van der Waals surface area contributed by atoms with Gasteiger partial charge in [-0.2, -0.15) is 8.42 Å². The number of fused-ring (bicyclic) bond motifs is 3. The van der Waals surface area contributed by atoms with Crippen molar-refractivity contribution in [3.8, 4) is 0 Å². The molecule has 0 fully saturated rings. The van der Waals surface area contributed by atoms with Crippen LogP contribution < -0.4 is 0 Å². The first-order valence-electron chi connectivity index (χ1n) is 7.86. The molecule has 0 spiro atoms. The van der Waals surface area contributed by atoms with E-state index >= 15 is 0 Å². The third-order valence-electron chi connectivity index (χ3n) is 3.65. The highest BCUT2D eigenvalue weighted by atomic mass is 32.2. The second-order valence-corrected chi connectivity index (χ2v) is 9.54. The second kappa shape index (κ2) is 6.44. The Kier molecular flexibility index (Phi) is 4.58. The number of benzene rings is 2. The molecule has 136 valence electrons. The number of ketones is 1. The van der Waals surface area contributed by atoms with Gasteiger partial charge in [-0.25, -0.2) is 4.98 Å². The van der Waals surface area contributed by atoms with Gasteiger partial charge in [-0.15, -0.1) is 11.3 Å². The zero-order chi connectivity index (χ0) is 19.1. The molecule has 6 nitrogen and oxygen atoms in total. The number of oxime groups is 1. The summed E-state index contributed by atoms with van der Waals surface area (Å²) in [4.78, 5) is 17.4. The maximum atomic E-state index is 12.8. The first-order chi connectivity index (χ1) is 12.1. The van der Waals surface area contributed by atoms with Crippen LogP contribution in [-0.2, 0) is 19.2 Å². The van der Waals surface area contributed by atoms with Gasteiger partial charge in [-0.05, 0) is 11.5 Å². The first kappa shape index (κ1) is 18.5. The quantitative estimate of drug-likeness (QED) is 0.500. The van der Waals surface area contributed by atoms with E-state index in [-0.39, 0.29) is 11.5 Å². The maximum Gasteiger partial charge on any atom is 0.325 e. The van der Waals surface area contributed by atoms with Gasteiger partial charge in [0.25, 0.3) is 0 Å². The van der Waals surface area contributed by atoms with Crippen molar-refractivity contribution in [3.05, 3.63) is 41.4 Å². The van der Waals surface area contributed by atoms with E-state index in [0.29, 0.717) is 5.01 Å². The molecular weight excluding hydrogens is 372 g/mol. The molecule has 1 aromatic heterocycles. The summed E-state index contributed by atoms with van der Waals surface area (Å²) in [5.41, 5.74) is -0.107. The number of hydrogen-bond donors (Lipinski definition) is 0. The van der Waals surface area contributed by atoms with Crippen LogP contribution >= 0.6 is 11.3 Å². The molecule has 0 saturated carbocycles. The SMILES string of the molecule is CC(C)(C)C(=O)C(=NOS(C)(=O)=O)c1nc2c(ccc3ccccc32)s1. The third-order valence-corrected chi connectivity index (χ3v) is 5.02. The molecule has 3 aromatic rings. The zero-order valence-corrected chi connectivity index (χ0v) is 16.4. The van der Waals surface area contributed by atoms with Crippen LogP contribution in [0.5, 0.6) is 0 Å². The van der Waals surface area contributed by atoms with Crippen LogP contribution in [0.4, 0.5) is 0 Å². The number of nitrogens with zero attached hydrogens (tertiary/aromatic N) is 2. The molecule has 0 unspecified atom stereocenters. The van der Waals surface area contributed by atoms with Crippen molar-refractivity contribution >= 4 is 53.9 Å². The Morgan fingerprint density at radius 2 is 1.85 bits per heavy atom. The predicted octanol–water partition coefficient (Wildman–Crippen LogP) is 3.75. The molecule has 3 rings (SSSR count). The van der Waals surface area contributed by atoms with Crippen molar-refractivity contribution in [3.63, 3.8) is 0 Å². The van der Waals surface area contributed by atoms with Crippen molar-refractivity contribution in [2.24, 2.45) is 10.6 Å². The fraction of sp³-hybridized carbons (Fsp3) is 0.278. The number of thiazole rings is 1. The highest BCUT2D eigenvalue weighted by Crippen LogP contribution is 2.31. The number of hydrogen-bond acceptors (Lipinski definition) is 7. The summed E-state index contributed by atoms with van der Waals surface area (Å²) in [6, 6.07) is 11.7. The Bertz CT molecular complexity index is 1140. The molecule has 0 radical (unpaired) electrons. The zero-order valence-electron chi connectivity index (χ0n) is 14.8. The van der Waals surface area contributed by atoms with E-state index in [0.717, 1.165) is 27.2 Å². The first-order valence-corrected chi connectivity index (χ1v) is 10.5. The van der Waals surface area contributed by atoms with Gasteiger partial charge in [0.2, 0.25) is 0 Å². The van der Waals surface area contributed by atoms with E-state index in [1.165, 1.54) is 11.3 Å². The van der Waals surface area contributed by atoms with E-state index < -0.39 is 15.5 Å². The monoisotopic (exact) mass is 390 g/mol. The molecule has 0 saturated heterocycles. The number of carbonyl (C=O) groups excluding carboxylic acids is 1. The highest BCUT2D eigenvalue weighted by molar-refractivity contribution is 7.85. The second-order valence-electron chi connectivity index (χ2n) is 6.95. The summed E-state index contributed by atoms with van der Waals surface area (Å²) in [6.07, 6.45) is 0.877. The van der Waals surface area contributed by atoms with Gasteiger partial charge in [-0.3, -0.25) is 9.08 Å². The molecule has 0 atom stereocenters. The van der Waals surface area contributed by atoms with Crippen LogP contribution in [-0.4, -0.2) is 31.2 Å². The summed E-state index contributed by atoms with van der Waals surface area (Å²) in [5, 5.41) is 5.96. The van der Waals surface area contributed by atoms with E-state index in [9.17, 15) is 13.2 Å². The summed E-state index contributed by atoms with van der Waals surface area (Å²) < 4.78 is 28.1. The summed E-state index contributed by atoms with van der Waals surface area (Å²) in [5.74, 6) is -0.343. The van der Waals surface area contributed by atoms with Gasteiger partial charge in [0.1, 0.15) is 5.01 Å². The van der Waals surface area contributed by atoms with E-state index in [1.807, 2.05) is 36.4 Å². The van der Waals surface area contributed by atoms with Crippen LogP contribution in [0.2, 0.25) is 0 Å². The van der Waals surface area contributed by atoms with Crippen LogP contribution in [0.3, 0.4) is 0 Å². The van der Waals surface area contributed by atoms with Crippen molar-refractivity contribution in [2.75, 3.05) is 6.26 Å². The maximum absolute atomic E-state index is 12.8. The van der Waals surface area contributed by atoms with Gasteiger partial charge in [0.05, 0.1) is 16.5 Å². The third kappa shape index (κ3) is 3.76. The van der Waals surface area contributed by atoms with Gasteiger partial charge in [0, 0.05) is 10.8 Å². The lowest BCUT2D eigenvalue weighted by molar-refractivity contribution is -0.119. The largest absolute Gasteiger partial charge is 0.325 e. The topological polar surface area (TPSA) is 85.7 Å². The molecule has 8 heteroatoms. The summed E-state index contributed by atoms with van der Waals surface area (Å²) in [6.45, 7) is 5.19.